The summed E-state index contributed by atoms with van der Waals surface area (Å²) in [6, 6.07) is 9.34. The van der Waals surface area contributed by atoms with Crippen LogP contribution in [0.5, 0.6) is 0 Å². The Labute approximate surface area is 110 Å². The van der Waals surface area contributed by atoms with Crippen molar-refractivity contribution >= 4 is 0 Å². The highest BCUT2D eigenvalue weighted by Crippen LogP contribution is 2.20. The smallest absolute Gasteiger partial charge is 0.0703 e. The zero-order valence-electron chi connectivity index (χ0n) is 11.4. The van der Waals surface area contributed by atoms with Gasteiger partial charge in [-0.25, -0.2) is 0 Å². The quantitative estimate of drug-likeness (QED) is 0.863. The summed E-state index contributed by atoms with van der Waals surface area (Å²) in [5, 5.41) is 0. The number of likely N-dealkylation sites (N-methyl/N-ethyl adjacent to an activating group) is 1. The van der Waals surface area contributed by atoms with Crippen LogP contribution in [0.25, 0.3) is 0 Å². The minimum atomic E-state index is 0.353. The van der Waals surface area contributed by atoms with E-state index in [0.29, 0.717) is 12.1 Å². The Balaban J connectivity index is 1.92. The highest BCUT2D eigenvalue weighted by molar-refractivity contribution is 5.22. The van der Waals surface area contributed by atoms with Crippen molar-refractivity contribution in [2.24, 2.45) is 5.73 Å². The third-order valence-electron chi connectivity index (χ3n) is 3.79. The molecule has 1 heterocycles. The van der Waals surface area contributed by atoms with Gasteiger partial charge in [0.1, 0.15) is 0 Å². The molecular formula is C15H24N2O. The van der Waals surface area contributed by atoms with Gasteiger partial charge in [0.25, 0.3) is 0 Å². The minimum absolute atomic E-state index is 0.353. The second-order valence-electron chi connectivity index (χ2n) is 5.20. The van der Waals surface area contributed by atoms with E-state index in [2.05, 4.69) is 43.1 Å². The fraction of sp³-hybridized carbons (Fsp3) is 0.600. The van der Waals surface area contributed by atoms with Crippen LogP contribution in [-0.4, -0.2) is 37.2 Å². The van der Waals surface area contributed by atoms with Crippen LogP contribution in [0.1, 0.15) is 24.5 Å². The van der Waals surface area contributed by atoms with Gasteiger partial charge < -0.3 is 10.5 Å². The van der Waals surface area contributed by atoms with Crippen LogP contribution in [-0.2, 0) is 17.7 Å². The summed E-state index contributed by atoms with van der Waals surface area (Å²) in [6.45, 7) is 4.77. The van der Waals surface area contributed by atoms with Gasteiger partial charge in [-0.3, -0.25) is 4.90 Å². The van der Waals surface area contributed by atoms with E-state index in [-0.39, 0.29) is 0 Å². The SMILES string of the molecule is CC1OCCC1N(C)Cc1ccc(CCN)cc1. The van der Waals surface area contributed by atoms with E-state index in [9.17, 15) is 0 Å². The molecule has 1 aliphatic heterocycles. The summed E-state index contributed by atoms with van der Waals surface area (Å²) in [7, 11) is 2.18. The van der Waals surface area contributed by atoms with E-state index in [1.165, 1.54) is 11.1 Å². The highest BCUT2D eigenvalue weighted by Gasteiger charge is 2.27. The lowest BCUT2D eigenvalue weighted by atomic mass is 10.1. The largest absolute Gasteiger partial charge is 0.377 e. The molecule has 2 atom stereocenters. The Kier molecular flexibility index (Phi) is 4.75. The average molecular weight is 248 g/mol. The lowest BCUT2D eigenvalue weighted by molar-refractivity contribution is 0.0814. The number of hydrogen-bond acceptors (Lipinski definition) is 3. The molecule has 1 fully saturated rings. The molecule has 0 aromatic heterocycles. The van der Waals surface area contributed by atoms with E-state index >= 15 is 0 Å². The first-order valence-electron chi connectivity index (χ1n) is 6.80. The van der Waals surface area contributed by atoms with Crippen molar-refractivity contribution in [2.75, 3.05) is 20.2 Å². The summed E-state index contributed by atoms with van der Waals surface area (Å²) in [5.74, 6) is 0. The summed E-state index contributed by atoms with van der Waals surface area (Å²) in [4.78, 5) is 2.40. The maximum atomic E-state index is 5.62. The van der Waals surface area contributed by atoms with Gasteiger partial charge in [-0.1, -0.05) is 24.3 Å². The predicted octanol–water partition coefficient (Wildman–Crippen LogP) is 1.80. The first-order chi connectivity index (χ1) is 8.70. The van der Waals surface area contributed by atoms with Crippen LogP contribution in [0.2, 0.25) is 0 Å². The zero-order chi connectivity index (χ0) is 13.0. The molecule has 0 aliphatic carbocycles. The molecule has 1 saturated heterocycles. The predicted molar refractivity (Wildman–Crippen MR) is 74.5 cm³/mol. The molecule has 0 radical (unpaired) electrons. The Morgan fingerprint density at radius 1 is 1.28 bits per heavy atom. The van der Waals surface area contributed by atoms with Gasteiger partial charge in [0, 0.05) is 19.2 Å². The molecule has 0 spiro atoms. The highest BCUT2D eigenvalue weighted by atomic mass is 16.5. The standard InChI is InChI=1S/C15H24N2O/c1-12-15(8-10-18-12)17(2)11-14-5-3-13(4-6-14)7-9-16/h3-6,12,15H,7-11,16H2,1-2H3. The van der Waals surface area contributed by atoms with Gasteiger partial charge in [0.15, 0.2) is 0 Å². The van der Waals surface area contributed by atoms with E-state index in [1.807, 2.05) is 0 Å². The molecule has 2 N–H and O–H groups in total. The molecule has 1 aliphatic rings. The van der Waals surface area contributed by atoms with Crippen LogP contribution < -0.4 is 5.73 Å². The number of nitrogens with zero attached hydrogens (tertiary/aromatic N) is 1. The maximum absolute atomic E-state index is 5.62. The third-order valence-corrected chi connectivity index (χ3v) is 3.79. The van der Waals surface area contributed by atoms with E-state index in [0.717, 1.165) is 32.5 Å². The number of rotatable bonds is 5. The van der Waals surface area contributed by atoms with E-state index < -0.39 is 0 Å². The molecule has 0 amide bonds. The van der Waals surface area contributed by atoms with Gasteiger partial charge in [-0.2, -0.15) is 0 Å². The first kappa shape index (κ1) is 13.5. The molecular weight excluding hydrogens is 224 g/mol. The maximum Gasteiger partial charge on any atom is 0.0703 e. The second-order valence-corrected chi connectivity index (χ2v) is 5.20. The van der Waals surface area contributed by atoms with Crippen LogP contribution >= 0.6 is 0 Å². The van der Waals surface area contributed by atoms with Crippen LogP contribution in [0.3, 0.4) is 0 Å². The van der Waals surface area contributed by atoms with Crippen molar-refractivity contribution in [3.8, 4) is 0 Å². The van der Waals surface area contributed by atoms with E-state index in [1.54, 1.807) is 0 Å². The Bertz CT molecular complexity index is 363. The number of ether oxygens (including phenoxy) is 1. The molecule has 2 rings (SSSR count). The van der Waals surface area contributed by atoms with Crippen molar-refractivity contribution in [3.05, 3.63) is 35.4 Å². The second kappa shape index (κ2) is 6.32. The number of nitrogens with two attached hydrogens (primary N) is 1. The van der Waals surface area contributed by atoms with Crippen molar-refractivity contribution < 1.29 is 4.74 Å². The molecule has 100 valence electrons. The topological polar surface area (TPSA) is 38.5 Å². The van der Waals surface area contributed by atoms with Gasteiger partial charge in [-0.05, 0) is 44.5 Å². The lowest BCUT2D eigenvalue weighted by Crippen LogP contribution is -2.36. The van der Waals surface area contributed by atoms with Gasteiger partial charge >= 0.3 is 0 Å². The zero-order valence-corrected chi connectivity index (χ0v) is 11.4. The fourth-order valence-corrected chi connectivity index (χ4v) is 2.68. The number of hydrogen-bond donors (Lipinski definition) is 1. The molecule has 3 heteroatoms. The van der Waals surface area contributed by atoms with Crippen molar-refractivity contribution in [2.45, 2.75) is 38.5 Å². The Morgan fingerprint density at radius 2 is 1.94 bits per heavy atom. The summed E-state index contributed by atoms with van der Waals surface area (Å²) in [5.41, 5.74) is 8.23. The molecule has 1 aromatic rings. The average Bonchev–Trinajstić information content (AvgIpc) is 2.78. The summed E-state index contributed by atoms with van der Waals surface area (Å²) >= 11 is 0. The molecule has 3 nitrogen and oxygen atoms in total. The monoisotopic (exact) mass is 248 g/mol. The Morgan fingerprint density at radius 3 is 2.50 bits per heavy atom. The Hall–Kier alpha value is -0.900. The van der Waals surface area contributed by atoms with Crippen LogP contribution in [0.4, 0.5) is 0 Å². The van der Waals surface area contributed by atoms with Crippen molar-refractivity contribution in [3.63, 3.8) is 0 Å². The van der Waals surface area contributed by atoms with Crippen LogP contribution in [0.15, 0.2) is 24.3 Å². The molecule has 2 unspecified atom stereocenters. The van der Waals surface area contributed by atoms with Gasteiger partial charge in [-0.15, -0.1) is 0 Å². The molecule has 18 heavy (non-hydrogen) atoms. The minimum Gasteiger partial charge on any atom is -0.377 e. The normalized spacial score (nSPS) is 23.8. The fourth-order valence-electron chi connectivity index (χ4n) is 2.68. The van der Waals surface area contributed by atoms with Crippen molar-refractivity contribution in [1.82, 2.24) is 4.90 Å². The summed E-state index contributed by atoms with van der Waals surface area (Å²) in [6.07, 6.45) is 2.46. The van der Waals surface area contributed by atoms with Crippen molar-refractivity contribution in [1.29, 1.82) is 0 Å². The molecule has 0 saturated carbocycles. The van der Waals surface area contributed by atoms with E-state index in [4.69, 9.17) is 10.5 Å². The van der Waals surface area contributed by atoms with Crippen LogP contribution in [0, 0.1) is 0 Å². The first-order valence-corrected chi connectivity index (χ1v) is 6.80. The summed E-state index contributed by atoms with van der Waals surface area (Å²) < 4.78 is 5.62. The number of benzene rings is 1. The molecule has 1 aromatic carbocycles. The van der Waals surface area contributed by atoms with Gasteiger partial charge in [0.05, 0.1) is 6.10 Å². The molecule has 0 bridgehead atoms. The van der Waals surface area contributed by atoms with Gasteiger partial charge in [0.2, 0.25) is 0 Å². The third kappa shape index (κ3) is 3.31. The lowest BCUT2D eigenvalue weighted by Gasteiger charge is -2.26.